The van der Waals surface area contributed by atoms with Crippen molar-refractivity contribution in [2.24, 2.45) is 10.9 Å². The van der Waals surface area contributed by atoms with Gasteiger partial charge < -0.3 is 15.4 Å². The third-order valence-corrected chi connectivity index (χ3v) is 6.08. The van der Waals surface area contributed by atoms with E-state index in [1.807, 2.05) is 33.8 Å². The zero-order chi connectivity index (χ0) is 22.1. The van der Waals surface area contributed by atoms with E-state index in [0.29, 0.717) is 37.1 Å². The molecule has 1 aromatic carbocycles. The van der Waals surface area contributed by atoms with Gasteiger partial charge in [0.25, 0.3) is 0 Å². The molecule has 0 fully saturated rings. The van der Waals surface area contributed by atoms with Gasteiger partial charge in [0, 0.05) is 32.3 Å². The summed E-state index contributed by atoms with van der Waals surface area (Å²) in [5, 5.41) is 6.48. The second-order valence-electron chi connectivity index (χ2n) is 8.34. The highest BCUT2D eigenvalue weighted by Gasteiger charge is 2.24. The number of rotatable bonds is 10. The van der Waals surface area contributed by atoms with Gasteiger partial charge in [-0.3, -0.25) is 4.99 Å². The van der Waals surface area contributed by atoms with Crippen LogP contribution in [0.2, 0.25) is 0 Å². The van der Waals surface area contributed by atoms with Crippen molar-refractivity contribution in [3.8, 4) is 0 Å². The molecule has 1 rings (SSSR count). The van der Waals surface area contributed by atoms with Crippen LogP contribution in [-0.4, -0.2) is 46.2 Å². The zero-order valence-corrected chi connectivity index (χ0v) is 22.4. The first-order valence-corrected chi connectivity index (χ1v) is 11.7. The Kier molecular flexibility index (Phi) is 13.1. The Morgan fingerprint density at radius 3 is 2.33 bits per heavy atom. The van der Waals surface area contributed by atoms with Crippen molar-refractivity contribution >= 4 is 40.0 Å². The SMILES string of the molecule is CCOC(CCNC(=NC)NCc1ccccc1S(=O)(=O)NC(C)(C)C)C(C)C.I. The standard InChI is InChI=1S/C21H38N4O3S.HI/c1-8-28-18(16(2)3)13-14-23-20(22-7)24-15-17-11-9-10-12-19(17)29(26,27)25-21(4,5)6;/h9-12,16,18,25H,8,13-15H2,1-7H3,(H2,22,23,24);1H. The first-order valence-electron chi connectivity index (χ1n) is 10.2. The highest BCUT2D eigenvalue weighted by Crippen LogP contribution is 2.17. The fraction of sp³-hybridized carbons (Fsp3) is 0.667. The van der Waals surface area contributed by atoms with Crippen molar-refractivity contribution in [1.29, 1.82) is 0 Å². The molecule has 1 unspecified atom stereocenters. The summed E-state index contributed by atoms with van der Waals surface area (Å²) in [5.74, 6) is 1.07. The summed E-state index contributed by atoms with van der Waals surface area (Å²) >= 11 is 0. The van der Waals surface area contributed by atoms with Crippen molar-refractivity contribution in [2.45, 2.75) is 71.0 Å². The molecule has 1 aromatic rings. The monoisotopic (exact) mass is 554 g/mol. The number of guanidine groups is 1. The van der Waals surface area contributed by atoms with Crippen LogP contribution < -0.4 is 15.4 Å². The van der Waals surface area contributed by atoms with E-state index in [0.717, 1.165) is 6.42 Å². The highest BCUT2D eigenvalue weighted by molar-refractivity contribution is 14.0. The predicted molar refractivity (Wildman–Crippen MR) is 135 cm³/mol. The minimum absolute atomic E-state index is 0. The van der Waals surface area contributed by atoms with Crippen LogP contribution in [-0.2, 0) is 21.3 Å². The van der Waals surface area contributed by atoms with Gasteiger partial charge in [-0.2, -0.15) is 0 Å². The fourth-order valence-electron chi connectivity index (χ4n) is 2.93. The molecule has 174 valence electrons. The van der Waals surface area contributed by atoms with Crippen LogP contribution in [0.4, 0.5) is 0 Å². The third-order valence-electron chi connectivity index (χ3n) is 4.22. The summed E-state index contributed by atoms with van der Waals surface area (Å²) in [7, 11) is -1.92. The Labute approximate surface area is 199 Å². The lowest BCUT2D eigenvalue weighted by Gasteiger charge is -2.22. The summed E-state index contributed by atoms with van der Waals surface area (Å²) in [6.07, 6.45) is 1.06. The van der Waals surface area contributed by atoms with Crippen LogP contribution >= 0.6 is 24.0 Å². The van der Waals surface area contributed by atoms with Gasteiger partial charge in [-0.1, -0.05) is 32.0 Å². The molecular weight excluding hydrogens is 515 g/mol. The van der Waals surface area contributed by atoms with E-state index >= 15 is 0 Å². The number of halogens is 1. The third kappa shape index (κ3) is 10.4. The van der Waals surface area contributed by atoms with Gasteiger partial charge >= 0.3 is 0 Å². The molecule has 0 radical (unpaired) electrons. The lowest BCUT2D eigenvalue weighted by molar-refractivity contribution is 0.0258. The number of sulfonamides is 1. The maximum absolute atomic E-state index is 12.8. The second-order valence-corrected chi connectivity index (χ2v) is 9.99. The molecule has 9 heteroatoms. The molecule has 0 aromatic heterocycles. The average Bonchev–Trinajstić information content (AvgIpc) is 2.61. The van der Waals surface area contributed by atoms with E-state index in [1.165, 1.54) is 0 Å². The molecule has 0 heterocycles. The summed E-state index contributed by atoms with van der Waals surface area (Å²) in [6, 6.07) is 6.99. The fourth-order valence-corrected chi connectivity index (χ4v) is 4.58. The number of hydrogen-bond donors (Lipinski definition) is 3. The van der Waals surface area contributed by atoms with E-state index in [1.54, 1.807) is 25.2 Å². The lowest BCUT2D eigenvalue weighted by atomic mass is 10.0. The van der Waals surface area contributed by atoms with Crippen molar-refractivity contribution in [1.82, 2.24) is 15.4 Å². The van der Waals surface area contributed by atoms with Gasteiger partial charge in [-0.15, -0.1) is 24.0 Å². The maximum atomic E-state index is 12.8. The topological polar surface area (TPSA) is 91.8 Å². The first-order chi connectivity index (χ1) is 13.5. The first kappa shape index (κ1) is 29.1. The highest BCUT2D eigenvalue weighted by atomic mass is 127. The van der Waals surface area contributed by atoms with Gasteiger partial charge in [0.15, 0.2) is 5.96 Å². The zero-order valence-electron chi connectivity index (χ0n) is 19.3. The number of nitrogens with one attached hydrogen (secondary N) is 3. The van der Waals surface area contributed by atoms with Crippen LogP contribution in [0.5, 0.6) is 0 Å². The second kappa shape index (κ2) is 13.5. The Balaban J connectivity index is 0.00000841. The normalized spacial score (nSPS) is 13.7. The number of benzene rings is 1. The molecule has 0 aliphatic carbocycles. The molecule has 0 amide bonds. The molecule has 3 N–H and O–H groups in total. The number of hydrogen-bond acceptors (Lipinski definition) is 4. The van der Waals surface area contributed by atoms with Crippen LogP contribution in [0.25, 0.3) is 0 Å². The summed E-state index contributed by atoms with van der Waals surface area (Å²) in [5.41, 5.74) is 0.131. The van der Waals surface area contributed by atoms with E-state index in [-0.39, 0.29) is 35.0 Å². The van der Waals surface area contributed by atoms with Gasteiger partial charge in [0.1, 0.15) is 0 Å². The summed E-state index contributed by atoms with van der Waals surface area (Å²) in [4.78, 5) is 4.50. The van der Waals surface area contributed by atoms with E-state index in [2.05, 4.69) is 34.2 Å². The van der Waals surface area contributed by atoms with Crippen molar-refractivity contribution in [3.05, 3.63) is 29.8 Å². The Hall–Kier alpha value is -0.910. The van der Waals surface area contributed by atoms with Crippen molar-refractivity contribution in [3.63, 3.8) is 0 Å². The van der Waals surface area contributed by atoms with Crippen LogP contribution in [0.3, 0.4) is 0 Å². The van der Waals surface area contributed by atoms with Gasteiger partial charge in [-0.25, -0.2) is 13.1 Å². The van der Waals surface area contributed by atoms with Crippen LogP contribution in [0.1, 0.15) is 53.5 Å². The summed E-state index contributed by atoms with van der Waals surface area (Å²) in [6.45, 7) is 13.5. The number of aliphatic imine (C=N–C) groups is 1. The van der Waals surface area contributed by atoms with Crippen molar-refractivity contribution in [2.75, 3.05) is 20.2 Å². The van der Waals surface area contributed by atoms with Gasteiger partial charge in [-0.05, 0) is 51.7 Å². The largest absolute Gasteiger partial charge is 0.378 e. The molecule has 30 heavy (non-hydrogen) atoms. The minimum atomic E-state index is -3.61. The molecule has 0 aliphatic rings. The Morgan fingerprint density at radius 1 is 1.17 bits per heavy atom. The predicted octanol–water partition coefficient (Wildman–Crippen LogP) is 3.50. The number of ether oxygens (including phenoxy) is 1. The summed E-state index contributed by atoms with van der Waals surface area (Å²) < 4.78 is 34.0. The van der Waals surface area contributed by atoms with Gasteiger partial charge in [0.05, 0.1) is 11.0 Å². The molecule has 1 atom stereocenters. The molecule has 0 aliphatic heterocycles. The molecule has 0 spiro atoms. The number of nitrogens with zero attached hydrogens (tertiary/aromatic N) is 1. The molecular formula is C21H39IN4O3S. The smallest absolute Gasteiger partial charge is 0.241 e. The van der Waals surface area contributed by atoms with Crippen LogP contribution in [0, 0.1) is 5.92 Å². The van der Waals surface area contributed by atoms with E-state index < -0.39 is 15.6 Å². The quantitative estimate of drug-likeness (QED) is 0.234. The molecule has 0 bridgehead atoms. The van der Waals surface area contributed by atoms with Gasteiger partial charge in [0.2, 0.25) is 10.0 Å². The Bertz CT molecular complexity index is 762. The molecule has 7 nitrogen and oxygen atoms in total. The van der Waals surface area contributed by atoms with Crippen molar-refractivity contribution < 1.29 is 13.2 Å². The Morgan fingerprint density at radius 2 is 1.80 bits per heavy atom. The van der Waals surface area contributed by atoms with Crippen LogP contribution in [0.15, 0.2) is 34.2 Å². The lowest BCUT2D eigenvalue weighted by Crippen LogP contribution is -2.41. The van der Waals surface area contributed by atoms with E-state index in [4.69, 9.17) is 4.74 Å². The van der Waals surface area contributed by atoms with E-state index in [9.17, 15) is 8.42 Å². The average molecular weight is 555 g/mol. The molecule has 0 saturated heterocycles. The minimum Gasteiger partial charge on any atom is -0.378 e. The molecule has 0 saturated carbocycles. The maximum Gasteiger partial charge on any atom is 0.241 e.